The molecule has 3 aromatic heterocycles. The van der Waals surface area contributed by atoms with Gasteiger partial charge < -0.3 is 4.57 Å². The third-order valence-electron chi connectivity index (χ3n) is 3.90. The Morgan fingerprint density at radius 2 is 1.96 bits per heavy atom. The molecule has 0 aliphatic heterocycles. The molecular weight excluding hydrogens is 298 g/mol. The van der Waals surface area contributed by atoms with E-state index < -0.39 is 0 Å². The van der Waals surface area contributed by atoms with E-state index in [1.54, 1.807) is 18.6 Å². The van der Waals surface area contributed by atoms with Crippen LogP contribution in [-0.4, -0.2) is 19.5 Å². The summed E-state index contributed by atoms with van der Waals surface area (Å²) in [4.78, 5) is 12.7. The summed E-state index contributed by atoms with van der Waals surface area (Å²) in [5.74, 6) is 6.73. The van der Waals surface area contributed by atoms with E-state index in [0.29, 0.717) is 11.5 Å². The van der Waals surface area contributed by atoms with E-state index in [2.05, 4.69) is 32.9 Å². The van der Waals surface area contributed by atoms with Gasteiger partial charge in [-0.05, 0) is 43.5 Å². The molecule has 0 bridgehead atoms. The molecule has 0 atom stereocenters. The maximum absolute atomic E-state index is 9.38. The van der Waals surface area contributed by atoms with Crippen molar-refractivity contribution in [3.8, 4) is 29.2 Å². The molecular formula is C19H15N5. The minimum atomic E-state index is 0.345. The molecule has 0 N–H and O–H groups in total. The van der Waals surface area contributed by atoms with Crippen molar-refractivity contribution in [1.82, 2.24) is 19.5 Å². The Hall–Kier alpha value is -3.44. The zero-order valence-corrected chi connectivity index (χ0v) is 13.7. The third-order valence-corrected chi connectivity index (χ3v) is 3.90. The molecule has 24 heavy (non-hydrogen) atoms. The molecule has 3 rings (SSSR count). The van der Waals surface area contributed by atoms with Crippen LogP contribution in [0, 0.1) is 37.0 Å². The number of nitriles is 1. The van der Waals surface area contributed by atoms with E-state index in [9.17, 15) is 5.26 Å². The Balaban J connectivity index is 2.09. The summed E-state index contributed by atoms with van der Waals surface area (Å²) in [5, 5.41) is 9.38. The Kier molecular flexibility index (Phi) is 4.09. The predicted molar refractivity (Wildman–Crippen MR) is 90.8 cm³/mol. The Morgan fingerprint density at radius 1 is 1.12 bits per heavy atom. The quantitative estimate of drug-likeness (QED) is 0.648. The van der Waals surface area contributed by atoms with Crippen LogP contribution in [0.1, 0.15) is 28.3 Å². The van der Waals surface area contributed by atoms with Crippen LogP contribution in [-0.2, 0) is 7.05 Å². The van der Waals surface area contributed by atoms with Crippen LogP contribution in [0.25, 0.3) is 11.3 Å². The normalized spacial score (nSPS) is 9.92. The van der Waals surface area contributed by atoms with Gasteiger partial charge in [0, 0.05) is 42.5 Å². The van der Waals surface area contributed by atoms with E-state index in [0.717, 1.165) is 28.1 Å². The van der Waals surface area contributed by atoms with Crippen molar-refractivity contribution >= 4 is 0 Å². The van der Waals surface area contributed by atoms with Crippen LogP contribution in [0.4, 0.5) is 0 Å². The van der Waals surface area contributed by atoms with Crippen molar-refractivity contribution in [3.63, 3.8) is 0 Å². The second-order valence-corrected chi connectivity index (χ2v) is 5.36. The maximum atomic E-state index is 9.38. The highest BCUT2D eigenvalue weighted by molar-refractivity contribution is 5.66. The van der Waals surface area contributed by atoms with Gasteiger partial charge in [0.1, 0.15) is 6.07 Å². The van der Waals surface area contributed by atoms with Crippen molar-refractivity contribution in [3.05, 3.63) is 65.1 Å². The van der Waals surface area contributed by atoms with Crippen LogP contribution >= 0.6 is 0 Å². The fourth-order valence-electron chi connectivity index (χ4n) is 2.42. The van der Waals surface area contributed by atoms with E-state index in [4.69, 9.17) is 0 Å². The van der Waals surface area contributed by atoms with Gasteiger partial charge in [0.05, 0.1) is 5.69 Å². The number of hydrogen-bond acceptors (Lipinski definition) is 4. The molecule has 0 fully saturated rings. The average molecular weight is 313 g/mol. The maximum Gasteiger partial charge on any atom is 0.187 e. The van der Waals surface area contributed by atoms with Gasteiger partial charge in [-0.25, -0.2) is 4.98 Å². The third kappa shape index (κ3) is 2.76. The summed E-state index contributed by atoms with van der Waals surface area (Å²) in [5.41, 5.74) is 4.82. The lowest BCUT2D eigenvalue weighted by molar-refractivity contribution is 0.900. The molecule has 0 amide bonds. The van der Waals surface area contributed by atoms with Crippen LogP contribution in [0.2, 0.25) is 0 Å². The molecule has 0 saturated carbocycles. The van der Waals surface area contributed by atoms with Gasteiger partial charge in [-0.15, -0.1) is 0 Å². The summed E-state index contributed by atoms with van der Waals surface area (Å²) in [6.07, 6.45) is 5.15. The molecule has 0 aliphatic rings. The second-order valence-electron chi connectivity index (χ2n) is 5.36. The zero-order valence-electron chi connectivity index (χ0n) is 13.7. The number of pyridine rings is 2. The monoisotopic (exact) mass is 313 g/mol. The highest BCUT2D eigenvalue weighted by atomic mass is 15.1. The Bertz CT molecular complexity index is 998. The SMILES string of the molecule is Cc1nccc(C#Cc2nc(C#N)c(-c3cccnc3)n2C)c1C. The minimum Gasteiger partial charge on any atom is -0.319 e. The second kappa shape index (κ2) is 6.36. The van der Waals surface area contributed by atoms with Crippen LogP contribution < -0.4 is 0 Å². The number of aryl methyl sites for hydroxylation is 1. The molecule has 0 aromatic carbocycles. The fourth-order valence-corrected chi connectivity index (χ4v) is 2.42. The standard InChI is InChI=1S/C19H15N5/c1-13-14(2)22-10-8-15(13)6-7-18-23-17(11-20)19(24(18)3)16-5-4-9-21-12-16/h4-5,8-10,12H,1-3H3. The summed E-state index contributed by atoms with van der Waals surface area (Å²) < 4.78 is 1.83. The molecule has 5 nitrogen and oxygen atoms in total. The van der Waals surface area contributed by atoms with Gasteiger partial charge in [-0.3, -0.25) is 9.97 Å². The first-order valence-electron chi connectivity index (χ1n) is 7.43. The first kappa shape index (κ1) is 15.5. The van der Waals surface area contributed by atoms with E-state index in [-0.39, 0.29) is 0 Å². The molecule has 0 spiro atoms. The fraction of sp³-hybridized carbons (Fsp3) is 0.158. The molecule has 0 unspecified atom stereocenters. The molecule has 0 saturated heterocycles. The number of hydrogen-bond donors (Lipinski definition) is 0. The lowest BCUT2D eigenvalue weighted by Gasteiger charge is -2.03. The summed E-state index contributed by atoms with van der Waals surface area (Å²) in [6, 6.07) is 7.75. The highest BCUT2D eigenvalue weighted by Crippen LogP contribution is 2.22. The van der Waals surface area contributed by atoms with Gasteiger partial charge in [0.25, 0.3) is 0 Å². The summed E-state index contributed by atoms with van der Waals surface area (Å²) in [6.45, 7) is 3.95. The highest BCUT2D eigenvalue weighted by Gasteiger charge is 2.15. The van der Waals surface area contributed by atoms with Gasteiger partial charge >= 0.3 is 0 Å². The molecule has 116 valence electrons. The lowest BCUT2D eigenvalue weighted by Crippen LogP contribution is -1.96. The zero-order chi connectivity index (χ0) is 17.1. The largest absolute Gasteiger partial charge is 0.319 e. The smallest absolute Gasteiger partial charge is 0.187 e. The summed E-state index contributed by atoms with van der Waals surface area (Å²) >= 11 is 0. The molecule has 3 aromatic rings. The van der Waals surface area contributed by atoms with Crippen molar-refractivity contribution in [2.24, 2.45) is 7.05 Å². The van der Waals surface area contributed by atoms with E-state index >= 15 is 0 Å². The van der Waals surface area contributed by atoms with Crippen molar-refractivity contribution in [2.45, 2.75) is 13.8 Å². The lowest BCUT2D eigenvalue weighted by atomic mass is 10.1. The van der Waals surface area contributed by atoms with Gasteiger partial charge in [-0.1, -0.05) is 5.92 Å². The van der Waals surface area contributed by atoms with Crippen molar-refractivity contribution < 1.29 is 0 Å². The summed E-state index contributed by atoms with van der Waals surface area (Å²) in [7, 11) is 1.85. The number of aromatic nitrogens is 4. The van der Waals surface area contributed by atoms with Gasteiger partial charge in [0.15, 0.2) is 11.5 Å². The molecule has 0 radical (unpaired) electrons. The van der Waals surface area contributed by atoms with E-state index in [1.165, 1.54) is 0 Å². The number of nitrogens with zero attached hydrogens (tertiary/aromatic N) is 5. The van der Waals surface area contributed by atoms with Crippen LogP contribution in [0.5, 0.6) is 0 Å². The predicted octanol–water partition coefficient (Wildman–Crippen LogP) is 2.77. The topological polar surface area (TPSA) is 67.4 Å². The minimum absolute atomic E-state index is 0.345. The first-order chi connectivity index (χ1) is 11.6. The van der Waals surface area contributed by atoms with Crippen LogP contribution in [0.3, 0.4) is 0 Å². The average Bonchev–Trinajstić information content (AvgIpc) is 2.93. The first-order valence-corrected chi connectivity index (χ1v) is 7.43. The van der Waals surface area contributed by atoms with Crippen molar-refractivity contribution in [2.75, 3.05) is 0 Å². The molecule has 0 aliphatic carbocycles. The number of rotatable bonds is 1. The van der Waals surface area contributed by atoms with Crippen molar-refractivity contribution in [1.29, 1.82) is 5.26 Å². The Morgan fingerprint density at radius 3 is 2.67 bits per heavy atom. The van der Waals surface area contributed by atoms with E-state index in [1.807, 2.05) is 43.7 Å². The Labute approximate surface area is 140 Å². The molecule has 3 heterocycles. The molecule has 5 heteroatoms. The van der Waals surface area contributed by atoms with Crippen LogP contribution in [0.15, 0.2) is 36.8 Å². The van der Waals surface area contributed by atoms with Gasteiger partial charge in [0.2, 0.25) is 0 Å². The number of imidazole rings is 1. The van der Waals surface area contributed by atoms with Gasteiger partial charge in [-0.2, -0.15) is 5.26 Å².